The van der Waals surface area contributed by atoms with E-state index in [9.17, 15) is 23.5 Å². The second-order valence-corrected chi connectivity index (χ2v) is 12.2. The third-order valence-electron chi connectivity index (χ3n) is 8.03. The molecule has 9 nitrogen and oxygen atoms in total. The summed E-state index contributed by atoms with van der Waals surface area (Å²) in [5, 5.41) is 14.9. The van der Waals surface area contributed by atoms with Gasteiger partial charge in [0.1, 0.15) is 18.1 Å². The Morgan fingerprint density at radius 1 is 1.12 bits per heavy atom. The average molecular weight is 590 g/mol. The van der Waals surface area contributed by atoms with E-state index in [1.807, 2.05) is 12.1 Å². The molecule has 1 aliphatic carbocycles. The van der Waals surface area contributed by atoms with Crippen molar-refractivity contribution >= 4 is 33.4 Å². The second kappa shape index (κ2) is 11.9. The summed E-state index contributed by atoms with van der Waals surface area (Å²) in [7, 11) is 3.81. The Balaban J connectivity index is 1.24. The molecule has 1 N–H and O–H groups in total. The van der Waals surface area contributed by atoms with Gasteiger partial charge in [-0.15, -0.1) is 11.3 Å². The largest absolute Gasteiger partial charge is 0.550 e. The number of fused-ring (bicyclic) bond motifs is 2. The number of ether oxygens (including phenoxy) is 3. The Morgan fingerprint density at radius 3 is 2.44 bits per heavy atom. The highest BCUT2D eigenvalue weighted by Gasteiger charge is 2.44. The minimum absolute atomic E-state index is 0.0249. The molecule has 3 aromatic rings. The topological polar surface area (TPSA) is 110 Å². The number of hydrogen-bond acceptors (Lipinski definition) is 8. The van der Waals surface area contributed by atoms with Gasteiger partial charge in [0.15, 0.2) is 23.1 Å². The van der Waals surface area contributed by atoms with Crippen LogP contribution < -0.4 is 19.9 Å². The van der Waals surface area contributed by atoms with Crippen LogP contribution in [0.5, 0.6) is 11.5 Å². The quantitative estimate of drug-likeness (QED) is 0.270. The van der Waals surface area contributed by atoms with Crippen LogP contribution in [0.1, 0.15) is 29.0 Å². The molecule has 220 valence electrons. The van der Waals surface area contributed by atoms with E-state index in [0.29, 0.717) is 39.8 Å². The molecule has 1 aliphatic heterocycles. The summed E-state index contributed by atoms with van der Waals surface area (Å²) in [5.74, 6) is -2.84. The fourth-order valence-corrected chi connectivity index (χ4v) is 6.62. The number of carboxylic acids is 1. The molecule has 0 radical (unpaired) electrons. The molecule has 1 amide bonds. The number of morpholine rings is 1. The number of benzene rings is 2. The third kappa shape index (κ3) is 6.44. The first-order chi connectivity index (χ1) is 19.6. The summed E-state index contributed by atoms with van der Waals surface area (Å²) in [4.78, 5) is 29.5. The van der Waals surface area contributed by atoms with Gasteiger partial charge < -0.3 is 33.9 Å². The van der Waals surface area contributed by atoms with Crippen molar-refractivity contribution in [2.45, 2.75) is 32.2 Å². The number of carbonyl (C=O) groups excluding carboxylic acids is 2. The molecule has 2 aromatic carbocycles. The lowest BCUT2D eigenvalue weighted by molar-refractivity contribution is -0.917. The highest BCUT2D eigenvalue weighted by Crippen LogP contribution is 2.41. The summed E-state index contributed by atoms with van der Waals surface area (Å²) in [6, 6.07) is 5.72. The van der Waals surface area contributed by atoms with Gasteiger partial charge in [0.05, 0.1) is 62.7 Å². The molecule has 2 heterocycles. The Hall–Kier alpha value is -3.35. The van der Waals surface area contributed by atoms with Crippen LogP contribution in [0.2, 0.25) is 0 Å². The number of nitrogens with one attached hydrogen (secondary N) is 1. The highest BCUT2D eigenvalue weighted by molar-refractivity contribution is 7.18. The maximum Gasteiger partial charge on any atom is 0.227 e. The molecule has 0 saturated carbocycles. The van der Waals surface area contributed by atoms with Crippen molar-refractivity contribution in [1.82, 2.24) is 10.3 Å². The zero-order valence-corrected chi connectivity index (χ0v) is 23.9. The minimum atomic E-state index is -1.41. The van der Waals surface area contributed by atoms with E-state index in [-0.39, 0.29) is 19.4 Å². The van der Waals surface area contributed by atoms with Gasteiger partial charge in [-0.3, -0.25) is 4.79 Å². The standard InChI is InChI=1S/C29H33F2N3O6S/c1-34(5-8-39-9-6-34)4-3-7-40-24-12-22-25(13-23(24)38-2)41-26(33-22)17-32-28(37)29(16-27(35)36)14-18-10-20(30)21(31)11-19(18)15-29/h10-13H,3-9,14-17H2,1-2H3,(H-,32,35,36,37). The van der Waals surface area contributed by atoms with E-state index >= 15 is 0 Å². The summed E-state index contributed by atoms with van der Waals surface area (Å²) in [6.45, 7) is 5.12. The van der Waals surface area contributed by atoms with Crippen molar-refractivity contribution in [1.29, 1.82) is 0 Å². The van der Waals surface area contributed by atoms with Gasteiger partial charge in [-0.05, 0) is 36.1 Å². The van der Waals surface area contributed by atoms with Gasteiger partial charge in [-0.25, -0.2) is 13.8 Å². The number of methoxy groups -OCH3 is 1. The monoisotopic (exact) mass is 589 g/mol. The number of thiazole rings is 1. The molecule has 0 spiro atoms. The molecule has 1 aromatic heterocycles. The van der Waals surface area contributed by atoms with Crippen molar-refractivity contribution in [3.63, 3.8) is 0 Å². The fraction of sp³-hybridized carbons (Fsp3) is 0.483. The van der Waals surface area contributed by atoms with E-state index in [1.54, 1.807) is 7.11 Å². The molecule has 1 saturated heterocycles. The van der Waals surface area contributed by atoms with E-state index in [4.69, 9.17) is 14.2 Å². The van der Waals surface area contributed by atoms with Crippen molar-refractivity contribution in [3.8, 4) is 11.5 Å². The number of likely N-dealkylation sites (N-methyl/N-ethyl adjacent to an activating group) is 1. The zero-order chi connectivity index (χ0) is 29.2. The van der Waals surface area contributed by atoms with Crippen LogP contribution in [0.4, 0.5) is 8.78 Å². The van der Waals surface area contributed by atoms with Gasteiger partial charge in [-0.2, -0.15) is 0 Å². The lowest BCUT2D eigenvalue weighted by Crippen LogP contribution is -2.52. The number of quaternary nitrogens is 1. The molecule has 0 atom stereocenters. The lowest BCUT2D eigenvalue weighted by Gasteiger charge is -2.37. The first-order valence-electron chi connectivity index (χ1n) is 13.6. The fourth-order valence-electron chi connectivity index (χ4n) is 5.70. The normalized spacial score (nSPS) is 17.3. The number of amides is 1. The lowest BCUT2D eigenvalue weighted by atomic mass is 9.80. The highest BCUT2D eigenvalue weighted by atomic mass is 32.1. The Labute approximate surface area is 240 Å². The van der Waals surface area contributed by atoms with Crippen LogP contribution in [0, 0.1) is 17.0 Å². The molecule has 41 heavy (non-hydrogen) atoms. The summed E-state index contributed by atoms with van der Waals surface area (Å²) in [6.07, 6.45) is 0.259. The molecule has 1 fully saturated rings. The average Bonchev–Trinajstić information content (AvgIpc) is 3.49. The number of carboxylic acid groups (broad SMARTS) is 1. The van der Waals surface area contributed by atoms with E-state index < -0.39 is 35.3 Å². The third-order valence-corrected chi connectivity index (χ3v) is 9.05. The van der Waals surface area contributed by atoms with Gasteiger partial charge in [0.25, 0.3) is 0 Å². The van der Waals surface area contributed by atoms with Crippen LogP contribution in [0.15, 0.2) is 24.3 Å². The minimum Gasteiger partial charge on any atom is -0.550 e. The number of aromatic nitrogens is 1. The van der Waals surface area contributed by atoms with Crippen molar-refractivity contribution in [3.05, 3.63) is 52.0 Å². The van der Waals surface area contributed by atoms with E-state index in [1.165, 1.54) is 11.3 Å². The number of halogens is 2. The second-order valence-electron chi connectivity index (χ2n) is 11.1. The molecule has 2 aliphatic rings. The molecule has 12 heteroatoms. The molecule has 0 unspecified atom stereocenters. The van der Waals surface area contributed by atoms with Crippen molar-refractivity contribution in [2.24, 2.45) is 5.41 Å². The number of rotatable bonds is 11. The van der Waals surface area contributed by atoms with E-state index in [0.717, 1.165) is 60.6 Å². The van der Waals surface area contributed by atoms with Crippen LogP contribution in [0.3, 0.4) is 0 Å². The van der Waals surface area contributed by atoms with Gasteiger partial charge in [0.2, 0.25) is 5.91 Å². The predicted octanol–water partition coefficient (Wildman–Crippen LogP) is 2.37. The smallest absolute Gasteiger partial charge is 0.227 e. The molecule has 5 rings (SSSR count). The Kier molecular flexibility index (Phi) is 8.44. The number of carbonyl (C=O) groups is 2. The van der Waals surface area contributed by atoms with Gasteiger partial charge >= 0.3 is 0 Å². The summed E-state index contributed by atoms with van der Waals surface area (Å²) in [5.41, 5.74) is 0.121. The van der Waals surface area contributed by atoms with Crippen LogP contribution >= 0.6 is 11.3 Å². The maximum absolute atomic E-state index is 13.8. The predicted molar refractivity (Wildman–Crippen MR) is 146 cm³/mol. The summed E-state index contributed by atoms with van der Waals surface area (Å²) >= 11 is 1.37. The molecular weight excluding hydrogens is 556 g/mol. The summed E-state index contributed by atoms with van der Waals surface area (Å²) < 4.78 is 46.4. The van der Waals surface area contributed by atoms with Crippen LogP contribution in [0.25, 0.3) is 10.2 Å². The Morgan fingerprint density at radius 2 is 1.80 bits per heavy atom. The van der Waals surface area contributed by atoms with E-state index in [2.05, 4.69) is 17.3 Å². The molecule has 0 bridgehead atoms. The first kappa shape index (κ1) is 29.2. The number of hydrogen-bond donors (Lipinski definition) is 1. The SMILES string of the molecule is COc1cc2sc(CNC(=O)C3(CC(=O)[O-])Cc4cc(F)c(F)cc4C3)nc2cc1OCCC[N+]1(C)CCOCC1. The van der Waals surface area contributed by atoms with Crippen LogP contribution in [-0.2, 0) is 33.7 Å². The van der Waals surface area contributed by atoms with Gasteiger partial charge in [-0.1, -0.05) is 0 Å². The Bertz CT molecular complexity index is 1430. The van der Waals surface area contributed by atoms with Crippen LogP contribution in [-0.4, -0.2) is 75.0 Å². The van der Waals surface area contributed by atoms with Crippen molar-refractivity contribution < 1.29 is 42.2 Å². The zero-order valence-electron chi connectivity index (χ0n) is 23.1. The first-order valence-corrected chi connectivity index (χ1v) is 14.4. The van der Waals surface area contributed by atoms with Crippen molar-refractivity contribution in [2.75, 3.05) is 53.6 Å². The molecular formula is C29H33F2N3O6S. The number of nitrogens with zero attached hydrogens (tertiary/aromatic N) is 2. The van der Waals surface area contributed by atoms with Gasteiger partial charge in [0, 0.05) is 30.9 Å². The number of aliphatic carboxylic acids is 1. The maximum atomic E-state index is 13.8.